The van der Waals surface area contributed by atoms with Gasteiger partial charge < -0.3 is 9.47 Å². The first-order chi connectivity index (χ1) is 9.49. The number of aryl methyl sites for hydroxylation is 1. The van der Waals surface area contributed by atoms with Crippen LogP contribution in [-0.2, 0) is 7.05 Å². The Morgan fingerprint density at radius 2 is 1.90 bits per heavy atom. The maximum atomic E-state index is 12.5. The first kappa shape index (κ1) is 14.7. The van der Waals surface area contributed by atoms with Crippen molar-refractivity contribution in [2.75, 3.05) is 14.2 Å². The fourth-order valence-electron chi connectivity index (χ4n) is 1.85. The van der Waals surface area contributed by atoms with Crippen molar-refractivity contribution in [1.82, 2.24) is 9.78 Å². The SMILES string of the molecule is COc1cc(C(=O)c2c(Cl)cnn2C)cc(Cl)c1OC. The smallest absolute Gasteiger partial charge is 0.212 e. The van der Waals surface area contributed by atoms with E-state index < -0.39 is 0 Å². The predicted octanol–water partition coefficient (Wildman–Crippen LogP) is 2.98. The molecule has 1 aromatic heterocycles. The van der Waals surface area contributed by atoms with E-state index in [1.54, 1.807) is 13.1 Å². The van der Waals surface area contributed by atoms with Crippen LogP contribution in [0, 0.1) is 0 Å². The van der Waals surface area contributed by atoms with Crippen LogP contribution in [0.25, 0.3) is 0 Å². The number of aromatic nitrogens is 2. The molecule has 0 N–H and O–H groups in total. The van der Waals surface area contributed by atoms with Crippen LogP contribution in [-0.4, -0.2) is 29.8 Å². The van der Waals surface area contributed by atoms with Crippen LogP contribution in [0.15, 0.2) is 18.3 Å². The van der Waals surface area contributed by atoms with E-state index in [2.05, 4.69) is 5.10 Å². The zero-order valence-electron chi connectivity index (χ0n) is 11.1. The van der Waals surface area contributed by atoms with Gasteiger partial charge in [0, 0.05) is 12.6 Å². The summed E-state index contributed by atoms with van der Waals surface area (Å²) in [6, 6.07) is 3.06. The maximum Gasteiger partial charge on any atom is 0.212 e. The largest absolute Gasteiger partial charge is 0.493 e. The van der Waals surface area contributed by atoms with Crippen LogP contribution in [0.2, 0.25) is 10.0 Å². The van der Waals surface area contributed by atoms with Crippen LogP contribution >= 0.6 is 23.2 Å². The van der Waals surface area contributed by atoms with Gasteiger partial charge >= 0.3 is 0 Å². The van der Waals surface area contributed by atoms with E-state index in [1.165, 1.54) is 31.2 Å². The molecule has 0 aliphatic carbocycles. The molecule has 0 amide bonds. The van der Waals surface area contributed by atoms with E-state index in [9.17, 15) is 4.79 Å². The summed E-state index contributed by atoms with van der Waals surface area (Å²) in [6.45, 7) is 0. The summed E-state index contributed by atoms with van der Waals surface area (Å²) in [5.74, 6) is 0.460. The highest BCUT2D eigenvalue weighted by Crippen LogP contribution is 2.36. The van der Waals surface area contributed by atoms with Crippen molar-refractivity contribution < 1.29 is 14.3 Å². The number of hydrogen-bond acceptors (Lipinski definition) is 4. The number of nitrogens with zero attached hydrogens (tertiary/aromatic N) is 2. The summed E-state index contributed by atoms with van der Waals surface area (Å²) >= 11 is 12.1. The highest BCUT2D eigenvalue weighted by molar-refractivity contribution is 6.35. The van der Waals surface area contributed by atoms with E-state index in [0.29, 0.717) is 17.1 Å². The molecule has 106 valence electrons. The Morgan fingerprint density at radius 3 is 2.40 bits per heavy atom. The summed E-state index contributed by atoms with van der Waals surface area (Å²) in [5.41, 5.74) is 0.633. The third kappa shape index (κ3) is 2.46. The Balaban J connectivity index is 2.54. The van der Waals surface area contributed by atoms with Crippen LogP contribution < -0.4 is 9.47 Å². The van der Waals surface area contributed by atoms with Gasteiger partial charge in [-0.1, -0.05) is 23.2 Å². The monoisotopic (exact) mass is 314 g/mol. The second kappa shape index (κ2) is 5.73. The summed E-state index contributed by atoms with van der Waals surface area (Å²) in [6.07, 6.45) is 1.41. The summed E-state index contributed by atoms with van der Waals surface area (Å²) in [7, 11) is 4.59. The number of ether oxygens (including phenoxy) is 2. The van der Waals surface area contributed by atoms with E-state index in [4.69, 9.17) is 32.7 Å². The van der Waals surface area contributed by atoms with Crippen molar-refractivity contribution in [3.63, 3.8) is 0 Å². The number of halogens is 2. The minimum atomic E-state index is -0.294. The van der Waals surface area contributed by atoms with E-state index >= 15 is 0 Å². The van der Waals surface area contributed by atoms with E-state index in [-0.39, 0.29) is 21.5 Å². The molecule has 1 heterocycles. The van der Waals surface area contributed by atoms with Crippen LogP contribution in [0.1, 0.15) is 16.1 Å². The lowest BCUT2D eigenvalue weighted by atomic mass is 10.1. The number of ketones is 1. The number of hydrogen-bond donors (Lipinski definition) is 0. The standard InChI is InChI=1S/C13H12Cl2N2O3/c1-17-11(9(15)6-16-17)12(18)7-4-8(14)13(20-3)10(5-7)19-2/h4-6H,1-3H3. The van der Waals surface area contributed by atoms with Crippen molar-refractivity contribution in [3.05, 3.63) is 39.6 Å². The maximum absolute atomic E-state index is 12.5. The van der Waals surface area contributed by atoms with Crippen LogP contribution in [0.3, 0.4) is 0 Å². The van der Waals surface area contributed by atoms with E-state index in [0.717, 1.165) is 0 Å². The lowest BCUT2D eigenvalue weighted by Gasteiger charge is -2.11. The van der Waals surface area contributed by atoms with Gasteiger partial charge in [0.25, 0.3) is 0 Å². The summed E-state index contributed by atoms with van der Waals surface area (Å²) in [4.78, 5) is 12.5. The molecule has 0 saturated heterocycles. The Labute approximate surface area is 126 Å². The van der Waals surface area contributed by atoms with Gasteiger partial charge in [0.1, 0.15) is 5.69 Å². The second-order valence-corrected chi connectivity index (χ2v) is 4.80. The van der Waals surface area contributed by atoms with Crippen molar-refractivity contribution in [1.29, 1.82) is 0 Å². The van der Waals surface area contributed by atoms with Crippen LogP contribution in [0.4, 0.5) is 0 Å². The fraction of sp³-hybridized carbons (Fsp3) is 0.231. The average molecular weight is 315 g/mol. The molecule has 1 aromatic carbocycles. The molecule has 0 atom stereocenters. The molecule has 0 spiro atoms. The van der Waals surface area contributed by atoms with Gasteiger partial charge in [0.2, 0.25) is 5.78 Å². The highest BCUT2D eigenvalue weighted by atomic mass is 35.5. The van der Waals surface area contributed by atoms with Gasteiger partial charge in [0.15, 0.2) is 11.5 Å². The zero-order chi connectivity index (χ0) is 14.9. The number of benzene rings is 1. The van der Waals surface area contributed by atoms with Gasteiger partial charge in [-0.15, -0.1) is 0 Å². The summed E-state index contributed by atoms with van der Waals surface area (Å²) < 4.78 is 11.7. The fourth-order valence-corrected chi connectivity index (χ4v) is 2.39. The molecule has 0 aliphatic rings. The van der Waals surface area contributed by atoms with Crippen molar-refractivity contribution >= 4 is 29.0 Å². The molecule has 7 heteroatoms. The zero-order valence-corrected chi connectivity index (χ0v) is 12.6. The molecule has 0 saturated carbocycles. The van der Waals surface area contributed by atoms with Crippen molar-refractivity contribution in [2.24, 2.45) is 7.05 Å². The molecule has 0 bridgehead atoms. The molecular formula is C13H12Cl2N2O3. The molecule has 0 aliphatic heterocycles. The topological polar surface area (TPSA) is 53.3 Å². The Morgan fingerprint density at radius 1 is 1.20 bits per heavy atom. The minimum absolute atomic E-state index is 0.281. The Bertz CT molecular complexity index is 648. The normalized spacial score (nSPS) is 10.4. The molecular weight excluding hydrogens is 303 g/mol. The van der Waals surface area contributed by atoms with Gasteiger partial charge in [0.05, 0.1) is 30.5 Å². The predicted molar refractivity (Wildman–Crippen MR) is 76.2 cm³/mol. The Hall–Kier alpha value is -1.72. The molecule has 5 nitrogen and oxygen atoms in total. The number of rotatable bonds is 4. The number of carbonyl (C=O) groups is 1. The van der Waals surface area contributed by atoms with Gasteiger partial charge in [-0.25, -0.2) is 0 Å². The summed E-state index contributed by atoms with van der Waals surface area (Å²) in [5, 5.41) is 4.50. The lowest BCUT2D eigenvalue weighted by Crippen LogP contribution is -2.09. The first-order valence-electron chi connectivity index (χ1n) is 5.63. The number of methoxy groups -OCH3 is 2. The quantitative estimate of drug-likeness (QED) is 0.814. The lowest BCUT2D eigenvalue weighted by molar-refractivity contribution is 0.103. The molecule has 0 unspecified atom stereocenters. The third-order valence-electron chi connectivity index (χ3n) is 2.80. The molecule has 0 fully saturated rings. The molecule has 20 heavy (non-hydrogen) atoms. The first-order valence-corrected chi connectivity index (χ1v) is 6.39. The number of carbonyl (C=O) groups excluding carboxylic acids is 1. The van der Waals surface area contributed by atoms with Crippen molar-refractivity contribution in [2.45, 2.75) is 0 Å². The van der Waals surface area contributed by atoms with Crippen LogP contribution in [0.5, 0.6) is 11.5 Å². The van der Waals surface area contributed by atoms with E-state index in [1.807, 2.05) is 0 Å². The van der Waals surface area contributed by atoms with Crippen molar-refractivity contribution in [3.8, 4) is 11.5 Å². The average Bonchev–Trinajstić information content (AvgIpc) is 2.76. The third-order valence-corrected chi connectivity index (χ3v) is 3.36. The second-order valence-electron chi connectivity index (χ2n) is 3.99. The molecule has 2 aromatic rings. The highest BCUT2D eigenvalue weighted by Gasteiger charge is 2.21. The molecule has 2 rings (SSSR count). The Kier molecular flexibility index (Phi) is 4.20. The van der Waals surface area contributed by atoms with Gasteiger partial charge in [-0.3, -0.25) is 9.48 Å². The van der Waals surface area contributed by atoms with Gasteiger partial charge in [-0.2, -0.15) is 5.10 Å². The minimum Gasteiger partial charge on any atom is -0.493 e. The van der Waals surface area contributed by atoms with Gasteiger partial charge in [-0.05, 0) is 12.1 Å². The molecule has 0 radical (unpaired) electrons.